The molecule has 2 aliphatic rings. The third-order valence-electron chi connectivity index (χ3n) is 5.79. The number of amides is 1. The van der Waals surface area contributed by atoms with Gasteiger partial charge in [-0.15, -0.1) is 0 Å². The smallest absolute Gasteiger partial charge is 0.410 e. The Balaban J connectivity index is 1.45. The first kappa shape index (κ1) is 23.8. The highest BCUT2D eigenvalue weighted by molar-refractivity contribution is 9.10. The number of aromatic nitrogens is 1. The van der Waals surface area contributed by atoms with Crippen molar-refractivity contribution in [3.05, 3.63) is 40.5 Å². The molecule has 33 heavy (non-hydrogen) atoms. The molecule has 2 aromatic rings. The van der Waals surface area contributed by atoms with Crippen molar-refractivity contribution in [1.82, 2.24) is 9.88 Å². The Hall–Kier alpha value is -2.33. The summed E-state index contributed by atoms with van der Waals surface area (Å²) in [6.07, 6.45) is 4.71. The van der Waals surface area contributed by atoms with Gasteiger partial charge in [0.05, 0.1) is 15.5 Å². The number of benzene rings is 1. The highest BCUT2D eigenvalue weighted by Crippen LogP contribution is 2.38. The first-order valence-corrected chi connectivity index (χ1v) is 13.7. The number of sulfone groups is 1. The second kappa shape index (κ2) is 9.50. The zero-order chi connectivity index (χ0) is 23.8. The van der Waals surface area contributed by atoms with E-state index in [4.69, 9.17) is 9.47 Å². The summed E-state index contributed by atoms with van der Waals surface area (Å²) in [6.45, 7) is 5.58. The molecule has 1 fully saturated rings. The van der Waals surface area contributed by atoms with E-state index in [-0.39, 0.29) is 18.3 Å². The lowest BCUT2D eigenvalue weighted by molar-refractivity contribution is 0.0515. The Bertz CT molecular complexity index is 1150. The summed E-state index contributed by atoms with van der Waals surface area (Å²) in [4.78, 5) is 20.8. The number of pyridine rings is 1. The van der Waals surface area contributed by atoms with Crippen molar-refractivity contribution in [1.29, 1.82) is 0 Å². The number of likely N-dealkylation sites (tertiary alicyclic amines) is 1. The molecular weight excluding hydrogens is 510 g/mol. The molecule has 4 rings (SSSR count). The number of hydrogen-bond acceptors (Lipinski definition) is 7. The van der Waals surface area contributed by atoms with Gasteiger partial charge in [0.2, 0.25) is 0 Å². The largest absolute Gasteiger partial charge is 0.489 e. The zero-order valence-corrected chi connectivity index (χ0v) is 21.4. The van der Waals surface area contributed by atoms with Crippen LogP contribution in [0.25, 0.3) is 0 Å². The molecule has 3 heterocycles. The minimum absolute atomic E-state index is 0.0113. The predicted octanol–water partition coefficient (Wildman–Crippen LogP) is 4.33. The highest BCUT2D eigenvalue weighted by atomic mass is 79.9. The van der Waals surface area contributed by atoms with Crippen molar-refractivity contribution in [2.75, 3.05) is 30.8 Å². The molecule has 10 heteroatoms. The van der Waals surface area contributed by atoms with Gasteiger partial charge < -0.3 is 19.3 Å². The van der Waals surface area contributed by atoms with E-state index < -0.39 is 9.84 Å². The Labute approximate surface area is 202 Å². The Morgan fingerprint density at radius 2 is 1.91 bits per heavy atom. The molecule has 0 radical (unpaired) electrons. The molecule has 0 bridgehead atoms. The molecule has 0 N–H and O–H groups in total. The molecule has 0 atom stereocenters. The highest BCUT2D eigenvalue weighted by Gasteiger charge is 2.27. The second-order valence-electron chi connectivity index (χ2n) is 8.67. The SMILES string of the molecule is CC(C)OC(=O)N1CCC(Oc2cc(N3CCc4cc(S(C)(=O)=O)ccc43)ncc2Br)CC1. The van der Waals surface area contributed by atoms with Crippen LogP contribution in [0.1, 0.15) is 32.3 Å². The van der Waals surface area contributed by atoms with E-state index >= 15 is 0 Å². The lowest BCUT2D eigenvalue weighted by atomic mass is 10.1. The number of carbonyl (C=O) groups excluding carboxylic acids is 1. The van der Waals surface area contributed by atoms with Crippen molar-refractivity contribution in [3.8, 4) is 5.75 Å². The fourth-order valence-corrected chi connectivity index (χ4v) is 5.09. The van der Waals surface area contributed by atoms with Crippen LogP contribution < -0.4 is 9.64 Å². The average Bonchev–Trinajstić information content (AvgIpc) is 3.18. The number of ether oxygens (including phenoxy) is 2. The molecule has 8 nitrogen and oxygen atoms in total. The van der Waals surface area contributed by atoms with Crippen molar-refractivity contribution in [3.63, 3.8) is 0 Å². The van der Waals surface area contributed by atoms with Gasteiger partial charge in [0.15, 0.2) is 9.84 Å². The quantitative estimate of drug-likeness (QED) is 0.560. The third kappa shape index (κ3) is 5.43. The lowest BCUT2D eigenvalue weighted by Gasteiger charge is -2.32. The monoisotopic (exact) mass is 537 g/mol. The Morgan fingerprint density at radius 3 is 2.58 bits per heavy atom. The van der Waals surface area contributed by atoms with Crippen LogP contribution in [0.3, 0.4) is 0 Å². The van der Waals surface area contributed by atoms with E-state index in [1.165, 1.54) is 6.26 Å². The number of halogens is 1. The molecule has 1 amide bonds. The molecule has 1 aromatic heterocycles. The van der Waals surface area contributed by atoms with Crippen LogP contribution >= 0.6 is 15.9 Å². The topological polar surface area (TPSA) is 89.0 Å². The fraction of sp³-hybridized carbons (Fsp3) is 0.478. The second-order valence-corrected chi connectivity index (χ2v) is 11.5. The zero-order valence-electron chi connectivity index (χ0n) is 19.0. The van der Waals surface area contributed by atoms with Gasteiger partial charge in [0, 0.05) is 56.7 Å². The van der Waals surface area contributed by atoms with Crippen molar-refractivity contribution < 1.29 is 22.7 Å². The molecule has 1 saturated heterocycles. The first-order chi connectivity index (χ1) is 15.6. The van der Waals surface area contributed by atoms with Crippen LogP contribution in [-0.2, 0) is 21.0 Å². The summed E-state index contributed by atoms with van der Waals surface area (Å²) in [6, 6.07) is 7.14. The van der Waals surface area contributed by atoms with Gasteiger partial charge in [-0.1, -0.05) is 0 Å². The van der Waals surface area contributed by atoms with E-state index in [1.807, 2.05) is 26.0 Å². The summed E-state index contributed by atoms with van der Waals surface area (Å²) in [5, 5.41) is 0. The fourth-order valence-electron chi connectivity index (χ4n) is 4.11. The van der Waals surface area contributed by atoms with Gasteiger partial charge in [-0.05, 0) is 60.0 Å². The molecule has 1 aromatic carbocycles. The Kier molecular flexibility index (Phi) is 6.86. The van der Waals surface area contributed by atoms with Gasteiger partial charge in [0.1, 0.15) is 17.7 Å². The van der Waals surface area contributed by atoms with Gasteiger partial charge in [-0.25, -0.2) is 18.2 Å². The number of rotatable bonds is 5. The normalized spacial score (nSPS) is 16.8. The molecule has 0 aliphatic carbocycles. The molecule has 0 unspecified atom stereocenters. The molecule has 178 valence electrons. The molecular formula is C23H28BrN3O5S. The van der Waals surface area contributed by atoms with E-state index in [1.54, 1.807) is 23.2 Å². The van der Waals surface area contributed by atoms with Crippen molar-refractivity contribution >= 4 is 43.4 Å². The van der Waals surface area contributed by atoms with Gasteiger partial charge in [-0.3, -0.25) is 0 Å². The van der Waals surface area contributed by atoms with Crippen LogP contribution in [0.2, 0.25) is 0 Å². The maximum absolute atomic E-state index is 12.1. The van der Waals surface area contributed by atoms with Gasteiger partial charge >= 0.3 is 6.09 Å². The van der Waals surface area contributed by atoms with Crippen molar-refractivity contribution in [2.24, 2.45) is 0 Å². The number of anilines is 2. The summed E-state index contributed by atoms with van der Waals surface area (Å²) < 4.78 is 36.1. The van der Waals surface area contributed by atoms with Gasteiger partial charge in [-0.2, -0.15) is 0 Å². The molecule has 2 aliphatic heterocycles. The number of piperidine rings is 1. The number of fused-ring (bicyclic) bond motifs is 1. The summed E-state index contributed by atoms with van der Waals surface area (Å²) in [7, 11) is -3.24. The maximum Gasteiger partial charge on any atom is 0.410 e. The van der Waals surface area contributed by atoms with Crippen molar-refractivity contribution in [2.45, 2.75) is 50.2 Å². The molecule has 0 spiro atoms. The third-order valence-corrected chi connectivity index (χ3v) is 7.49. The number of carbonyl (C=O) groups is 1. The molecule has 0 saturated carbocycles. The summed E-state index contributed by atoms with van der Waals surface area (Å²) >= 11 is 3.53. The average molecular weight is 538 g/mol. The van der Waals surface area contributed by atoms with E-state index in [9.17, 15) is 13.2 Å². The number of hydrogen-bond donors (Lipinski definition) is 0. The van der Waals surface area contributed by atoms with E-state index in [0.717, 1.165) is 40.8 Å². The van der Waals surface area contributed by atoms with Crippen LogP contribution in [-0.4, -0.2) is 62.5 Å². The van der Waals surface area contributed by atoms with Crippen LogP contribution in [0.4, 0.5) is 16.3 Å². The predicted molar refractivity (Wildman–Crippen MR) is 129 cm³/mol. The Morgan fingerprint density at radius 1 is 1.18 bits per heavy atom. The number of nitrogens with zero attached hydrogens (tertiary/aromatic N) is 3. The van der Waals surface area contributed by atoms with E-state index in [2.05, 4.69) is 25.8 Å². The summed E-state index contributed by atoms with van der Waals surface area (Å²) in [5.74, 6) is 1.45. The van der Waals surface area contributed by atoms with E-state index in [0.29, 0.717) is 30.3 Å². The van der Waals surface area contributed by atoms with Crippen LogP contribution in [0, 0.1) is 0 Å². The van der Waals surface area contributed by atoms with Gasteiger partial charge in [0.25, 0.3) is 0 Å². The lowest BCUT2D eigenvalue weighted by Crippen LogP contribution is -2.42. The van der Waals surface area contributed by atoms with Crippen LogP contribution in [0.5, 0.6) is 5.75 Å². The minimum Gasteiger partial charge on any atom is -0.489 e. The minimum atomic E-state index is -3.24. The van der Waals surface area contributed by atoms with Crippen LogP contribution in [0.15, 0.2) is 39.8 Å². The summed E-state index contributed by atoms with van der Waals surface area (Å²) in [5.41, 5.74) is 1.95. The maximum atomic E-state index is 12.1. The first-order valence-electron chi connectivity index (χ1n) is 11.0. The standard InChI is InChI=1S/C23H28BrN3O5S/c1-15(2)31-23(28)26-9-7-17(8-10-26)32-21-13-22(25-14-19(21)24)27-11-6-16-12-18(33(3,29)30)4-5-20(16)27/h4-5,12-15,17H,6-11H2,1-3H3.